The minimum Gasteiger partial charge on any atom is -0.497 e. The molecule has 0 bridgehead atoms. The van der Waals surface area contributed by atoms with Gasteiger partial charge in [0, 0.05) is 17.0 Å². The number of ether oxygens (including phenoxy) is 1. The molecule has 1 N–H and O–H groups in total. The average molecular weight is 551 g/mol. The number of nitrogens with one attached hydrogen (secondary N) is 1. The molecule has 4 aromatic rings. The number of halogens is 1. The minimum atomic E-state index is -4.04. The van der Waals surface area contributed by atoms with Gasteiger partial charge < -0.3 is 4.74 Å². The standard InChI is InChI=1S/C28H27ClN4O4S/c1-18-6-11-24(12-7-18)38(35,36)33(26-13-19(2)5-8-20(26)3)17-27(34)32-30-16-22-14-21-9-10-23(37-4)15-25(21)31-28(22)29/h5-16H,17H2,1-4H3,(H,32,34)/b30-16-. The molecule has 38 heavy (non-hydrogen) atoms. The fourth-order valence-corrected chi connectivity index (χ4v) is 5.49. The number of nitrogens with zero attached hydrogens (tertiary/aromatic N) is 3. The summed E-state index contributed by atoms with van der Waals surface area (Å²) in [6, 6.07) is 19.1. The van der Waals surface area contributed by atoms with Crippen LogP contribution in [0.15, 0.2) is 76.7 Å². The molecule has 0 saturated carbocycles. The number of rotatable bonds is 8. The van der Waals surface area contributed by atoms with Crippen molar-refractivity contribution in [3.63, 3.8) is 0 Å². The summed E-state index contributed by atoms with van der Waals surface area (Å²) in [6.07, 6.45) is 1.37. The van der Waals surface area contributed by atoms with E-state index in [1.54, 1.807) is 50.4 Å². The highest BCUT2D eigenvalue weighted by molar-refractivity contribution is 7.92. The normalized spacial score (nSPS) is 11.6. The highest BCUT2D eigenvalue weighted by atomic mass is 35.5. The number of fused-ring (bicyclic) bond motifs is 1. The number of carbonyl (C=O) groups is 1. The lowest BCUT2D eigenvalue weighted by molar-refractivity contribution is -0.119. The monoisotopic (exact) mass is 550 g/mol. The van der Waals surface area contributed by atoms with E-state index in [4.69, 9.17) is 16.3 Å². The summed E-state index contributed by atoms with van der Waals surface area (Å²) >= 11 is 6.31. The number of hydrazone groups is 1. The molecule has 0 spiro atoms. The van der Waals surface area contributed by atoms with E-state index >= 15 is 0 Å². The first-order valence-electron chi connectivity index (χ1n) is 11.7. The predicted molar refractivity (Wildman–Crippen MR) is 151 cm³/mol. The summed E-state index contributed by atoms with van der Waals surface area (Å²) in [7, 11) is -2.47. The Labute approximate surface area is 227 Å². The van der Waals surface area contributed by atoms with Gasteiger partial charge in [0.1, 0.15) is 17.4 Å². The van der Waals surface area contributed by atoms with Crippen molar-refractivity contribution in [1.82, 2.24) is 10.4 Å². The number of aromatic nitrogens is 1. The van der Waals surface area contributed by atoms with Crippen molar-refractivity contribution in [3.05, 3.63) is 94.1 Å². The zero-order chi connectivity index (χ0) is 27.4. The van der Waals surface area contributed by atoms with Crippen LogP contribution in [0.4, 0.5) is 5.69 Å². The number of methoxy groups -OCH3 is 1. The van der Waals surface area contributed by atoms with Crippen molar-refractivity contribution >= 4 is 50.3 Å². The third-order valence-electron chi connectivity index (χ3n) is 5.93. The minimum absolute atomic E-state index is 0.0888. The fourth-order valence-electron chi connectivity index (χ4n) is 3.82. The Kier molecular flexibility index (Phi) is 7.99. The molecule has 0 atom stereocenters. The number of hydrogen-bond acceptors (Lipinski definition) is 6. The lowest BCUT2D eigenvalue weighted by Gasteiger charge is -2.25. The van der Waals surface area contributed by atoms with Gasteiger partial charge in [-0.25, -0.2) is 18.8 Å². The quantitative estimate of drug-likeness (QED) is 0.185. The summed E-state index contributed by atoms with van der Waals surface area (Å²) in [4.78, 5) is 17.4. The Morgan fingerprint density at radius 1 is 1.03 bits per heavy atom. The summed E-state index contributed by atoms with van der Waals surface area (Å²) in [6.45, 7) is 5.06. The zero-order valence-corrected chi connectivity index (χ0v) is 23.0. The Bertz CT molecular complexity index is 1640. The van der Waals surface area contributed by atoms with Gasteiger partial charge in [0.25, 0.3) is 15.9 Å². The maximum Gasteiger partial charge on any atom is 0.264 e. The van der Waals surface area contributed by atoms with E-state index in [1.807, 2.05) is 32.0 Å². The summed E-state index contributed by atoms with van der Waals surface area (Å²) in [5.74, 6) is 0.0381. The lowest BCUT2D eigenvalue weighted by atomic mass is 10.1. The van der Waals surface area contributed by atoms with Crippen molar-refractivity contribution in [1.29, 1.82) is 0 Å². The molecule has 0 radical (unpaired) electrons. The number of pyridine rings is 1. The number of hydrogen-bond donors (Lipinski definition) is 1. The van der Waals surface area contributed by atoms with E-state index in [-0.39, 0.29) is 10.0 Å². The van der Waals surface area contributed by atoms with E-state index < -0.39 is 22.5 Å². The van der Waals surface area contributed by atoms with E-state index in [2.05, 4.69) is 15.5 Å². The van der Waals surface area contributed by atoms with Crippen LogP contribution < -0.4 is 14.5 Å². The van der Waals surface area contributed by atoms with Crippen molar-refractivity contribution in [2.75, 3.05) is 18.0 Å². The Balaban J connectivity index is 1.59. The SMILES string of the molecule is COc1ccc2cc(/C=N\NC(=O)CN(c3cc(C)ccc3C)S(=O)(=O)c3ccc(C)cc3)c(Cl)nc2c1. The Morgan fingerprint density at radius 3 is 2.45 bits per heavy atom. The third-order valence-corrected chi connectivity index (χ3v) is 8.00. The molecule has 4 rings (SSSR count). The summed E-state index contributed by atoms with van der Waals surface area (Å²) < 4.78 is 33.6. The van der Waals surface area contributed by atoms with E-state index in [1.165, 1.54) is 18.3 Å². The molecule has 196 valence electrons. The highest BCUT2D eigenvalue weighted by Crippen LogP contribution is 2.28. The molecular formula is C28H27ClN4O4S. The Hall–Kier alpha value is -3.95. The van der Waals surface area contributed by atoms with Gasteiger partial charge in [-0.15, -0.1) is 0 Å². The van der Waals surface area contributed by atoms with Crippen LogP contribution in [0.5, 0.6) is 5.75 Å². The van der Waals surface area contributed by atoms with Gasteiger partial charge in [0.15, 0.2) is 0 Å². The zero-order valence-electron chi connectivity index (χ0n) is 21.4. The van der Waals surface area contributed by atoms with Crippen LogP contribution in [-0.4, -0.2) is 39.2 Å². The molecule has 0 aliphatic carbocycles. The van der Waals surface area contributed by atoms with E-state index in [9.17, 15) is 13.2 Å². The second-order valence-electron chi connectivity index (χ2n) is 8.83. The van der Waals surface area contributed by atoms with Crippen LogP contribution in [0.25, 0.3) is 10.9 Å². The van der Waals surface area contributed by atoms with Crippen molar-refractivity contribution in [2.45, 2.75) is 25.7 Å². The second-order valence-corrected chi connectivity index (χ2v) is 11.1. The Morgan fingerprint density at radius 2 is 1.74 bits per heavy atom. The van der Waals surface area contributed by atoms with Crippen molar-refractivity contribution in [3.8, 4) is 5.75 Å². The number of sulfonamides is 1. The first-order valence-corrected chi connectivity index (χ1v) is 13.5. The van der Waals surface area contributed by atoms with Crippen LogP contribution >= 0.6 is 11.6 Å². The molecule has 1 amide bonds. The molecule has 1 aromatic heterocycles. The predicted octanol–water partition coefficient (Wildman–Crippen LogP) is 5.17. The first kappa shape index (κ1) is 27.1. The fraction of sp³-hybridized carbons (Fsp3) is 0.179. The maximum absolute atomic E-state index is 13.6. The number of amides is 1. The molecule has 0 saturated heterocycles. The second kappa shape index (κ2) is 11.2. The molecule has 3 aromatic carbocycles. The smallest absolute Gasteiger partial charge is 0.264 e. The van der Waals surface area contributed by atoms with Crippen LogP contribution in [0.2, 0.25) is 5.15 Å². The topological polar surface area (TPSA) is 101 Å². The van der Waals surface area contributed by atoms with Crippen LogP contribution in [0.1, 0.15) is 22.3 Å². The molecule has 0 unspecified atom stereocenters. The van der Waals surface area contributed by atoms with Gasteiger partial charge in [-0.05, 0) is 68.3 Å². The molecule has 0 aliphatic heterocycles. The molecule has 1 heterocycles. The van der Waals surface area contributed by atoms with Crippen molar-refractivity contribution in [2.24, 2.45) is 5.10 Å². The molecular weight excluding hydrogens is 524 g/mol. The largest absolute Gasteiger partial charge is 0.497 e. The summed E-state index contributed by atoms with van der Waals surface area (Å²) in [5, 5.41) is 5.01. The van der Waals surface area contributed by atoms with E-state index in [0.29, 0.717) is 28.1 Å². The van der Waals surface area contributed by atoms with Gasteiger partial charge in [-0.3, -0.25) is 9.10 Å². The first-order chi connectivity index (χ1) is 18.1. The molecule has 0 aliphatic rings. The van der Waals surface area contributed by atoms with Crippen LogP contribution in [0, 0.1) is 20.8 Å². The van der Waals surface area contributed by atoms with Gasteiger partial charge >= 0.3 is 0 Å². The number of benzene rings is 3. The van der Waals surface area contributed by atoms with Crippen LogP contribution in [0.3, 0.4) is 0 Å². The number of aryl methyl sites for hydroxylation is 3. The average Bonchev–Trinajstić information content (AvgIpc) is 2.89. The molecule has 10 heteroatoms. The van der Waals surface area contributed by atoms with Gasteiger partial charge in [-0.2, -0.15) is 5.10 Å². The molecule has 0 fully saturated rings. The summed E-state index contributed by atoms with van der Waals surface area (Å²) in [5.41, 5.74) is 6.48. The third kappa shape index (κ3) is 5.95. The van der Waals surface area contributed by atoms with Gasteiger partial charge in [-0.1, -0.05) is 41.4 Å². The number of carbonyl (C=O) groups excluding carboxylic acids is 1. The maximum atomic E-state index is 13.6. The molecule has 8 nitrogen and oxygen atoms in total. The van der Waals surface area contributed by atoms with Gasteiger partial charge in [0.05, 0.1) is 29.4 Å². The van der Waals surface area contributed by atoms with Crippen molar-refractivity contribution < 1.29 is 17.9 Å². The number of anilines is 1. The van der Waals surface area contributed by atoms with Gasteiger partial charge in [0.2, 0.25) is 0 Å². The van der Waals surface area contributed by atoms with E-state index in [0.717, 1.165) is 20.8 Å². The van der Waals surface area contributed by atoms with Crippen LogP contribution in [-0.2, 0) is 14.8 Å². The lowest BCUT2D eigenvalue weighted by Crippen LogP contribution is -2.40. The highest BCUT2D eigenvalue weighted by Gasteiger charge is 2.28.